The van der Waals surface area contributed by atoms with Crippen LogP contribution in [-0.2, 0) is 6.61 Å². The zero-order valence-corrected chi connectivity index (χ0v) is 9.48. The Balaban J connectivity index is 1.95. The van der Waals surface area contributed by atoms with Crippen LogP contribution in [0.2, 0.25) is 0 Å². The molecule has 2 aromatic rings. The molecule has 0 saturated heterocycles. The standard InChI is InChI=1S/C13H13FN2O/c1-15-13-7-2-10(8-16-13)9-17-12-5-3-11(14)4-6-12/h2-8H,9H2,1H3,(H,15,16). The molecule has 2 rings (SSSR count). The topological polar surface area (TPSA) is 34.1 Å². The predicted molar refractivity (Wildman–Crippen MR) is 64.5 cm³/mol. The van der Waals surface area contributed by atoms with Crippen LogP contribution < -0.4 is 10.1 Å². The second-order valence-electron chi connectivity index (χ2n) is 3.54. The Morgan fingerprint density at radius 2 is 1.94 bits per heavy atom. The number of rotatable bonds is 4. The quantitative estimate of drug-likeness (QED) is 0.880. The van der Waals surface area contributed by atoms with Gasteiger partial charge in [0, 0.05) is 18.8 Å². The molecule has 0 radical (unpaired) electrons. The molecular weight excluding hydrogens is 219 g/mol. The van der Waals surface area contributed by atoms with E-state index >= 15 is 0 Å². The first kappa shape index (κ1) is 11.4. The number of anilines is 1. The Hall–Kier alpha value is -2.10. The third-order valence-corrected chi connectivity index (χ3v) is 2.30. The lowest BCUT2D eigenvalue weighted by Crippen LogP contribution is -1.98. The van der Waals surface area contributed by atoms with Gasteiger partial charge in [-0.05, 0) is 30.3 Å². The third kappa shape index (κ3) is 3.17. The monoisotopic (exact) mass is 232 g/mol. The smallest absolute Gasteiger partial charge is 0.125 e. The molecule has 1 aromatic carbocycles. The lowest BCUT2D eigenvalue weighted by atomic mass is 10.3. The highest BCUT2D eigenvalue weighted by molar-refractivity contribution is 5.34. The van der Waals surface area contributed by atoms with E-state index in [-0.39, 0.29) is 5.82 Å². The normalized spacial score (nSPS) is 10.0. The van der Waals surface area contributed by atoms with Crippen LogP contribution in [0.15, 0.2) is 42.6 Å². The van der Waals surface area contributed by atoms with Crippen molar-refractivity contribution in [3.05, 3.63) is 54.0 Å². The molecule has 0 atom stereocenters. The summed E-state index contributed by atoms with van der Waals surface area (Å²) >= 11 is 0. The number of ether oxygens (including phenoxy) is 1. The van der Waals surface area contributed by atoms with E-state index in [2.05, 4.69) is 10.3 Å². The molecule has 1 N–H and O–H groups in total. The van der Waals surface area contributed by atoms with E-state index in [4.69, 9.17) is 4.74 Å². The number of nitrogens with zero attached hydrogens (tertiary/aromatic N) is 1. The Kier molecular flexibility index (Phi) is 3.55. The third-order valence-electron chi connectivity index (χ3n) is 2.30. The minimum Gasteiger partial charge on any atom is -0.489 e. The maximum atomic E-state index is 12.7. The van der Waals surface area contributed by atoms with E-state index in [1.165, 1.54) is 12.1 Å². The first-order valence-electron chi connectivity index (χ1n) is 5.29. The Morgan fingerprint density at radius 3 is 2.53 bits per heavy atom. The molecule has 0 fully saturated rings. The summed E-state index contributed by atoms with van der Waals surface area (Å²) in [5.74, 6) is 1.19. The second-order valence-corrected chi connectivity index (χ2v) is 3.54. The van der Waals surface area contributed by atoms with Gasteiger partial charge in [0.25, 0.3) is 0 Å². The van der Waals surface area contributed by atoms with Crippen molar-refractivity contribution in [2.45, 2.75) is 6.61 Å². The predicted octanol–water partition coefficient (Wildman–Crippen LogP) is 2.84. The second kappa shape index (κ2) is 5.30. The summed E-state index contributed by atoms with van der Waals surface area (Å²) < 4.78 is 18.2. The lowest BCUT2D eigenvalue weighted by molar-refractivity contribution is 0.305. The minimum absolute atomic E-state index is 0.266. The molecule has 17 heavy (non-hydrogen) atoms. The Labute approximate surface area is 99.3 Å². The molecule has 1 heterocycles. The van der Waals surface area contributed by atoms with Crippen molar-refractivity contribution in [3.63, 3.8) is 0 Å². The number of nitrogens with one attached hydrogen (secondary N) is 1. The van der Waals surface area contributed by atoms with Crippen molar-refractivity contribution < 1.29 is 9.13 Å². The fraction of sp³-hybridized carbons (Fsp3) is 0.154. The van der Waals surface area contributed by atoms with Gasteiger partial charge in [0.05, 0.1) is 0 Å². The zero-order chi connectivity index (χ0) is 12.1. The lowest BCUT2D eigenvalue weighted by Gasteiger charge is -2.06. The van der Waals surface area contributed by atoms with E-state index in [9.17, 15) is 4.39 Å². The summed E-state index contributed by atoms with van der Waals surface area (Å²) in [6.07, 6.45) is 1.75. The van der Waals surface area contributed by atoms with Gasteiger partial charge in [-0.25, -0.2) is 9.37 Å². The van der Waals surface area contributed by atoms with Crippen LogP contribution in [0.5, 0.6) is 5.75 Å². The van der Waals surface area contributed by atoms with Crippen molar-refractivity contribution in [2.75, 3.05) is 12.4 Å². The molecule has 0 unspecified atom stereocenters. The molecule has 1 aromatic heterocycles. The van der Waals surface area contributed by atoms with Gasteiger partial charge < -0.3 is 10.1 Å². The molecule has 0 aliphatic heterocycles. The van der Waals surface area contributed by atoms with Gasteiger partial charge in [-0.3, -0.25) is 0 Å². The van der Waals surface area contributed by atoms with Gasteiger partial charge >= 0.3 is 0 Å². The van der Waals surface area contributed by atoms with Crippen molar-refractivity contribution in [1.82, 2.24) is 4.98 Å². The summed E-state index contributed by atoms with van der Waals surface area (Å²) in [6.45, 7) is 0.419. The van der Waals surface area contributed by atoms with E-state index in [1.807, 2.05) is 19.2 Å². The molecule has 3 nitrogen and oxygen atoms in total. The summed E-state index contributed by atoms with van der Waals surface area (Å²) in [5.41, 5.74) is 0.966. The molecule has 0 bridgehead atoms. The van der Waals surface area contributed by atoms with Crippen LogP contribution >= 0.6 is 0 Å². The average molecular weight is 232 g/mol. The molecule has 0 aliphatic carbocycles. The highest BCUT2D eigenvalue weighted by atomic mass is 19.1. The summed E-state index contributed by atoms with van der Waals surface area (Å²) in [4.78, 5) is 4.17. The van der Waals surface area contributed by atoms with E-state index in [0.717, 1.165) is 11.4 Å². The zero-order valence-electron chi connectivity index (χ0n) is 9.48. The van der Waals surface area contributed by atoms with Crippen LogP contribution in [0.3, 0.4) is 0 Å². The Morgan fingerprint density at radius 1 is 1.18 bits per heavy atom. The first-order valence-corrected chi connectivity index (χ1v) is 5.29. The number of hydrogen-bond donors (Lipinski definition) is 1. The molecule has 88 valence electrons. The van der Waals surface area contributed by atoms with Gasteiger partial charge in [0.15, 0.2) is 0 Å². The number of hydrogen-bond acceptors (Lipinski definition) is 3. The number of benzene rings is 1. The van der Waals surface area contributed by atoms with Crippen LogP contribution in [0.1, 0.15) is 5.56 Å². The van der Waals surface area contributed by atoms with Crippen LogP contribution in [0.4, 0.5) is 10.2 Å². The average Bonchev–Trinajstić information content (AvgIpc) is 2.39. The largest absolute Gasteiger partial charge is 0.489 e. The molecule has 0 saturated carbocycles. The molecule has 0 aliphatic rings. The summed E-state index contributed by atoms with van der Waals surface area (Å²) in [6, 6.07) is 9.76. The summed E-state index contributed by atoms with van der Waals surface area (Å²) in [7, 11) is 1.82. The van der Waals surface area contributed by atoms with Crippen LogP contribution in [-0.4, -0.2) is 12.0 Å². The van der Waals surface area contributed by atoms with Crippen LogP contribution in [0, 0.1) is 5.82 Å². The van der Waals surface area contributed by atoms with E-state index in [1.54, 1.807) is 18.3 Å². The van der Waals surface area contributed by atoms with Crippen molar-refractivity contribution in [3.8, 4) is 5.75 Å². The molecule has 0 spiro atoms. The highest BCUT2D eigenvalue weighted by Gasteiger charge is 1.97. The van der Waals surface area contributed by atoms with Crippen molar-refractivity contribution in [1.29, 1.82) is 0 Å². The first-order chi connectivity index (χ1) is 8.28. The van der Waals surface area contributed by atoms with Gasteiger partial charge in [-0.1, -0.05) is 6.07 Å². The van der Waals surface area contributed by atoms with Gasteiger partial charge in [-0.15, -0.1) is 0 Å². The Bertz CT molecular complexity index is 468. The summed E-state index contributed by atoms with van der Waals surface area (Å²) in [5, 5.41) is 2.94. The van der Waals surface area contributed by atoms with Gasteiger partial charge in [-0.2, -0.15) is 0 Å². The number of pyridine rings is 1. The van der Waals surface area contributed by atoms with Crippen molar-refractivity contribution in [2.24, 2.45) is 0 Å². The van der Waals surface area contributed by atoms with E-state index < -0.39 is 0 Å². The fourth-order valence-electron chi connectivity index (χ4n) is 1.36. The minimum atomic E-state index is -0.266. The van der Waals surface area contributed by atoms with Crippen molar-refractivity contribution >= 4 is 5.82 Å². The molecule has 4 heteroatoms. The SMILES string of the molecule is CNc1ccc(COc2ccc(F)cc2)cn1. The van der Waals surface area contributed by atoms with Gasteiger partial charge in [0.1, 0.15) is 24.0 Å². The number of halogens is 1. The molecular formula is C13H13FN2O. The van der Waals surface area contributed by atoms with Gasteiger partial charge in [0.2, 0.25) is 0 Å². The number of aromatic nitrogens is 1. The van der Waals surface area contributed by atoms with E-state index in [0.29, 0.717) is 12.4 Å². The fourth-order valence-corrected chi connectivity index (χ4v) is 1.36. The maximum absolute atomic E-state index is 12.7. The highest BCUT2D eigenvalue weighted by Crippen LogP contribution is 2.13. The van der Waals surface area contributed by atoms with Crippen LogP contribution in [0.25, 0.3) is 0 Å². The maximum Gasteiger partial charge on any atom is 0.125 e. The molecule has 0 amide bonds.